The molecule has 2 aromatic carbocycles. The van der Waals surface area contributed by atoms with Crippen LogP contribution < -0.4 is 4.74 Å². The van der Waals surface area contributed by atoms with E-state index in [9.17, 15) is 0 Å². The largest absolute Gasteiger partial charge is 0.497 e. The summed E-state index contributed by atoms with van der Waals surface area (Å²) in [5.41, 5.74) is 2.98. The van der Waals surface area contributed by atoms with Gasteiger partial charge in [0, 0.05) is 5.41 Å². The first-order valence-corrected chi connectivity index (χ1v) is 7.63. The van der Waals surface area contributed by atoms with E-state index in [2.05, 4.69) is 66.5 Å². The van der Waals surface area contributed by atoms with Gasteiger partial charge in [0.1, 0.15) is 5.75 Å². The number of benzene rings is 2. The van der Waals surface area contributed by atoms with Crippen molar-refractivity contribution < 1.29 is 4.74 Å². The summed E-state index contributed by atoms with van der Waals surface area (Å²) in [5, 5.41) is 0. The minimum absolute atomic E-state index is 0.139. The highest BCUT2D eigenvalue weighted by atomic mass is 16.5. The molecule has 2 heteroatoms. The van der Waals surface area contributed by atoms with Gasteiger partial charge in [-0.25, -0.2) is 0 Å². The van der Waals surface area contributed by atoms with Gasteiger partial charge >= 0.3 is 0 Å². The van der Waals surface area contributed by atoms with Crippen LogP contribution in [0.3, 0.4) is 0 Å². The zero-order valence-electron chi connectivity index (χ0n) is 12.9. The zero-order chi connectivity index (χ0) is 14.7. The smallest absolute Gasteiger partial charge is 0.118 e. The van der Waals surface area contributed by atoms with Crippen LogP contribution in [-0.4, -0.2) is 32.1 Å². The van der Waals surface area contributed by atoms with Crippen molar-refractivity contribution in [1.29, 1.82) is 0 Å². The monoisotopic (exact) mass is 281 g/mol. The standard InChI is InChI=1S/C19H23NO/c1-20-14-12-19(13-15-20,16-6-4-3-5-7-16)17-8-10-18(21-2)11-9-17/h3-11H,12-15H2,1-2H3. The van der Waals surface area contributed by atoms with E-state index in [1.165, 1.54) is 24.0 Å². The first-order chi connectivity index (χ1) is 10.2. The van der Waals surface area contributed by atoms with Gasteiger partial charge < -0.3 is 9.64 Å². The maximum atomic E-state index is 5.30. The molecular weight excluding hydrogens is 258 g/mol. The van der Waals surface area contributed by atoms with Gasteiger partial charge in [-0.2, -0.15) is 0 Å². The van der Waals surface area contributed by atoms with Gasteiger partial charge in [0.2, 0.25) is 0 Å². The molecule has 21 heavy (non-hydrogen) atoms. The maximum Gasteiger partial charge on any atom is 0.118 e. The molecule has 1 aliphatic heterocycles. The minimum Gasteiger partial charge on any atom is -0.497 e. The number of rotatable bonds is 3. The summed E-state index contributed by atoms with van der Waals surface area (Å²) < 4.78 is 5.30. The van der Waals surface area contributed by atoms with E-state index in [0.29, 0.717) is 0 Å². The van der Waals surface area contributed by atoms with E-state index in [1.807, 2.05) is 0 Å². The normalized spacial score (nSPS) is 18.4. The van der Waals surface area contributed by atoms with Crippen molar-refractivity contribution in [3.05, 3.63) is 65.7 Å². The quantitative estimate of drug-likeness (QED) is 0.850. The molecule has 0 amide bonds. The molecule has 2 aromatic rings. The van der Waals surface area contributed by atoms with Crippen LogP contribution in [0.1, 0.15) is 24.0 Å². The van der Waals surface area contributed by atoms with Crippen molar-refractivity contribution in [2.75, 3.05) is 27.2 Å². The Morgan fingerprint density at radius 3 is 2.00 bits per heavy atom. The summed E-state index contributed by atoms with van der Waals surface area (Å²) in [7, 11) is 3.93. The Hall–Kier alpha value is -1.80. The third kappa shape index (κ3) is 2.68. The molecule has 0 aliphatic carbocycles. The summed E-state index contributed by atoms with van der Waals surface area (Å²) in [6.07, 6.45) is 2.33. The Labute approximate surface area is 127 Å². The fraction of sp³-hybridized carbons (Fsp3) is 0.368. The van der Waals surface area contributed by atoms with E-state index in [-0.39, 0.29) is 5.41 Å². The van der Waals surface area contributed by atoms with E-state index in [0.717, 1.165) is 18.8 Å². The number of hydrogen-bond donors (Lipinski definition) is 0. The van der Waals surface area contributed by atoms with Crippen molar-refractivity contribution in [2.24, 2.45) is 0 Å². The second kappa shape index (κ2) is 5.90. The first kappa shape index (κ1) is 14.2. The molecule has 0 spiro atoms. The third-order valence-electron chi connectivity index (χ3n) is 4.81. The topological polar surface area (TPSA) is 12.5 Å². The second-order valence-electron chi connectivity index (χ2n) is 5.98. The Morgan fingerprint density at radius 1 is 0.857 bits per heavy atom. The highest BCUT2D eigenvalue weighted by Crippen LogP contribution is 2.41. The Morgan fingerprint density at radius 2 is 1.43 bits per heavy atom. The summed E-state index contributed by atoms with van der Waals surface area (Å²) in [5.74, 6) is 0.926. The molecule has 0 bridgehead atoms. The molecule has 0 N–H and O–H groups in total. The Balaban J connectivity index is 2.03. The van der Waals surface area contributed by atoms with Crippen molar-refractivity contribution >= 4 is 0 Å². The predicted molar refractivity (Wildman–Crippen MR) is 86.9 cm³/mol. The van der Waals surface area contributed by atoms with Gasteiger partial charge in [0.05, 0.1) is 7.11 Å². The van der Waals surface area contributed by atoms with Crippen molar-refractivity contribution in [3.8, 4) is 5.75 Å². The molecular formula is C19H23NO. The molecule has 1 heterocycles. The molecule has 0 atom stereocenters. The molecule has 1 fully saturated rings. The molecule has 2 nitrogen and oxygen atoms in total. The summed E-state index contributed by atoms with van der Waals surface area (Å²) in [6, 6.07) is 19.6. The Bertz CT molecular complexity index is 568. The van der Waals surface area contributed by atoms with Gasteiger partial charge in [-0.1, -0.05) is 42.5 Å². The zero-order valence-corrected chi connectivity index (χ0v) is 12.9. The number of piperidine rings is 1. The SMILES string of the molecule is COc1ccc(C2(c3ccccc3)CCN(C)CC2)cc1. The predicted octanol–water partition coefficient (Wildman–Crippen LogP) is 3.71. The number of ether oxygens (including phenoxy) is 1. The molecule has 0 saturated carbocycles. The summed E-state index contributed by atoms with van der Waals surface area (Å²) >= 11 is 0. The lowest BCUT2D eigenvalue weighted by molar-refractivity contribution is 0.213. The van der Waals surface area contributed by atoms with E-state index < -0.39 is 0 Å². The number of hydrogen-bond acceptors (Lipinski definition) is 2. The van der Waals surface area contributed by atoms with Crippen LogP contribution in [0.25, 0.3) is 0 Å². The second-order valence-corrected chi connectivity index (χ2v) is 5.98. The Kier molecular flexibility index (Phi) is 3.98. The average Bonchev–Trinajstić information content (AvgIpc) is 2.57. The lowest BCUT2D eigenvalue weighted by Crippen LogP contribution is -2.41. The molecule has 1 aliphatic rings. The molecule has 0 radical (unpaired) electrons. The average molecular weight is 281 g/mol. The van der Waals surface area contributed by atoms with Crippen LogP contribution in [0.15, 0.2) is 54.6 Å². The molecule has 1 saturated heterocycles. The van der Waals surface area contributed by atoms with Crippen molar-refractivity contribution in [3.63, 3.8) is 0 Å². The first-order valence-electron chi connectivity index (χ1n) is 7.63. The van der Waals surface area contributed by atoms with Crippen LogP contribution in [0.4, 0.5) is 0 Å². The third-order valence-corrected chi connectivity index (χ3v) is 4.81. The molecule has 110 valence electrons. The molecule has 3 rings (SSSR count). The van der Waals surface area contributed by atoms with Crippen LogP contribution in [0, 0.1) is 0 Å². The van der Waals surface area contributed by atoms with Crippen molar-refractivity contribution in [2.45, 2.75) is 18.3 Å². The van der Waals surface area contributed by atoms with Gasteiger partial charge in [-0.15, -0.1) is 0 Å². The number of nitrogens with zero attached hydrogens (tertiary/aromatic N) is 1. The number of methoxy groups -OCH3 is 1. The highest BCUT2D eigenvalue weighted by molar-refractivity contribution is 5.42. The lowest BCUT2D eigenvalue weighted by Gasteiger charge is -2.41. The van der Waals surface area contributed by atoms with E-state index >= 15 is 0 Å². The highest BCUT2D eigenvalue weighted by Gasteiger charge is 2.36. The van der Waals surface area contributed by atoms with E-state index in [4.69, 9.17) is 4.74 Å². The molecule has 0 aromatic heterocycles. The van der Waals surface area contributed by atoms with Gasteiger partial charge in [0.15, 0.2) is 0 Å². The van der Waals surface area contributed by atoms with Crippen LogP contribution in [0.5, 0.6) is 5.75 Å². The summed E-state index contributed by atoms with van der Waals surface area (Å²) in [6.45, 7) is 2.28. The lowest BCUT2D eigenvalue weighted by atomic mass is 9.68. The van der Waals surface area contributed by atoms with Crippen LogP contribution in [-0.2, 0) is 5.41 Å². The number of likely N-dealkylation sites (tertiary alicyclic amines) is 1. The van der Waals surface area contributed by atoms with Gasteiger partial charge in [-0.05, 0) is 56.2 Å². The van der Waals surface area contributed by atoms with Gasteiger partial charge in [-0.3, -0.25) is 0 Å². The summed E-state index contributed by atoms with van der Waals surface area (Å²) in [4.78, 5) is 2.42. The fourth-order valence-corrected chi connectivity index (χ4v) is 3.41. The van der Waals surface area contributed by atoms with E-state index in [1.54, 1.807) is 7.11 Å². The van der Waals surface area contributed by atoms with Crippen LogP contribution in [0.2, 0.25) is 0 Å². The van der Waals surface area contributed by atoms with Gasteiger partial charge in [0.25, 0.3) is 0 Å². The van der Waals surface area contributed by atoms with Crippen LogP contribution >= 0.6 is 0 Å². The molecule has 0 unspecified atom stereocenters. The minimum atomic E-state index is 0.139. The maximum absolute atomic E-state index is 5.30. The van der Waals surface area contributed by atoms with Crippen molar-refractivity contribution in [1.82, 2.24) is 4.90 Å². The fourth-order valence-electron chi connectivity index (χ4n) is 3.41.